The lowest BCUT2D eigenvalue weighted by Gasteiger charge is -2.24. The highest BCUT2D eigenvalue weighted by atomic mass is 16.1. The summed E-state index contributed by atoms with van der Waals surface area (Å²) in [6.45, 7) is 7.11. The van der Waals surface area contributed by atoms with E-state index in [0.29, 0.717) is 18.4 Å². The third-order valence-electron chi connectivity index (χ3n) is 4.63. The zero-order valence-electron chi connectivity index (χ0n) is 14.1. The summed E-state index contributed by atoms with van der Waals surface area (Å²) in [5.41, 5.74) is 2.18. The van der Waals surface area contributed by atoms with Crippen molar-refractivity contribution in [2.45, 2.75) is 32.6 Å². The average Bonchev–Trinajstić information content (AvgIpc) is 2.59. The Balaban J connectivity index is 1.87. The number of nitrogens with one attached hydrogen (secondary N) is 2. The molecule has 2 aromatic rings. The molecule has 1 aliphatic heterocycles. The molecule has 3 heteroatoms. The van der Waals surface area contributed by atoms with Gasteiger partial charge >= 0.3 is 0 Å². The van der Waals surface area contributed by atoms with Crippen molar-refractivity contribution in [1.82, 2.24) is 10.6 Å². The smallest absolute Gasteiger partial charge is 0.251 e. The van der Waals surface area contributed by atoms with Gasteiger partial charge in [0.05, 0.1) is 0 Å². The van der Waals surface area contributed by atoms with Crippen LogP contribution in [0.1, 0.15) is 48.5 Å². The average molecular weight is 310 g/mol. The van der Waals surface area contributed by atoms with Gasteiger partial charge in [-0.2, -0.15) is 0 Å². The number of amides is 1. The third-order valence-corrected chi connectivity index (χ3v) is 4.63. The van der Waals surface area contributed by atoms with Crippen molar-refractivity contribution in [2.24, 2.45) is 5.92 Å². The van der Waals surface area contributed by atoms with E-state index in [0.717, 1.165) is 18.7 Å². The number of piperidine rings is 1. The maximum absolute atomic E-state index is 12.3. The molecule has 0 aliphatic carbocycles. The highest BCUT2D eigenvalue weighted by Gasteiger charge is 2.17. The molecule has 0 atom stereocenters. The Bertz CT molecular complexity index is 687. The van der Waals surface area contributed by atoms with Gasteiger partial charge in [0, 0.05) is 12.1 Å². The number of carbonyl (C=O) groups excluding carboxylic acids is 1. The molecule has 122 valence electrons. The molecule has 1 saturated heterocycles. The Labute approximate surface area is 138 Å². The van der Waals surface area contributed by atoms with Gasteiger partial charge in [0.1, 0.15) is 0 Å². The van der Waals surface area contributed by atoms with E-state index in [-0.39, 0.29) is 5.91 Å². The fourth-order valence-electron chi connectivity index (χ4n) is 3.34. The molecule has 0 radical (unpaired) electrons. The van der Waals surface area contributed by atoms with E-state index in [1.807, 2.05) is 12.1 Å². The summed E-state index contributed by atoms with van der Waals surface area (Å²) in [5.74, 6) is 1.11. The van der Waals surface area contributed by atoms with Crippen molar-refractivity contribution < 1.29 is 4.79 Å². The molecule has 2 aromatic carbocycles. The lowest BCUT2D eigenvalue weighted by Crippen LogP contribution is -2.27. The molecular formula is C20H26N2O. The molecule has 0 aromatic heterocycles. The summed E-state index contributed by atoms with van der Waals surface area (Å²) >= 11 is 0. The molecule has 1 amide bonds. The lowest BCUT2D eigenvalue weighted by atomic mass is 9.86. The van der Waals surface area contributed by atoms with Gasteiger partial charge < -0.3 is 10.6 Å². The van der Waals surface area contributed by atoms with Crippen molar-refractivity contribution in [2.75, 3.05) is 19.6 Å². The van der Waals surface area contributed by atoms with Crippen molar-refractivity contribution in [3.05, 3.63) is 47.5 Å². The van der Waals surface area contributed by atoms with Gasteiger partial charge in [0.2, 0.25) is 0 Å². The monoisotopic (exact) mass is 310 g/mol. The minimum absolute atomic E-state index is 0.0212. The van der Waals surface area contributed by atoms with Gasteiger partial charge in [0.15, 0.2) is 0 Å². The van der Waals surface area contributed by atoms with Crippen LogP contribution in [-0.2, 0) is 0 Å². The highest BCUT2D eigenvalue weighted by Crippen LogP contribution is 2.31. The summed E-state index contributed by atoms with van der Waals surface area (Å²) < 4.78 is 0. The van der Waals surface area contributed by atoms with Crippen LogP contribution in [0, 0.1) is 5.92 Å². The van der Waals surface area contributed by atoms with Gasteiger partial charge in [-0.05, 0) is 66.2 Å². The maximum atomic E-state index is 12.3. The standard InChI is InChI=1S/C20H26N2O/c1-14(2)13-22-20(23)17-6-7-19-16(12-17)4-3-5-18(19)15-8-10-21-11-9-15/h3-7,12,14-15,21H,8-11,13H2,1-2H3,(H,22,23). The van der Waals surface area contributed by atoms with Crippen molar-refractivity contribution in [1.29, 1.82) is 0 Å². The number of hydrogen-bond acceptors (Lipinski definition) is 2. The minimum Gasteiger partial charge on any atom is -0.352 e. The van der Waals surface area contributed by atoms with E-state index in [4.69, 9.17) is 0 Å². The summed E-state index contributed by atoms with van der Waals surface area (Å²) in [6.07, 6.45) is 2.38. The van der Waals surface area contributed by atoms with E-state index >= 15 is 0 Å². The van der Waals surface area contributed by atoms with E-state index in [2.05, 4.69) is 48.7 Å². The molecule has 0 bridgehead atoms. The fraction of sp³-hybridized carbons (Fsp3) is 0.450. The molecule has 1 heterocycles. The Morgan fingerprint density at radius 3 is 2.74 bits per heavy atom. The molecule has 0 unspecified atom stereocenters. The number of rotatable bonds is 4. The predicted octanol–water partition coefficient (Wildman–Crippen LogP) is 3.69. The van der Waals surface area contributed by atoms with E-state index in [1.165, 1.54) is 29.2 Å². The van der Waals surface area contributed by atoms with Crippen LogP contribution in [-0.4, -0.2) is 25.5 Å². The Kier molecular flexibility index (Phi) is 4.97. The van der Waals surface area contributed by atoms with Crippen molar-refractivity contribution >= 4 is 16.7 Å². The van der Waals surface area contributed by atoms with Crippen LogP contribution in [0.4, 0.5) is 0 Å². The third kappa shape index (κ3) is 3.73. The van der Waals surface area contributed by atoms with Gasteiger partial charge in [-0.15, -0.1) is 0 Å². The van der Waals surface area contributed by atoms with Crippen molar-refractivity contribution in [3.8, 4) is 0 Å². The summed E-state index contributed by atoms with van der Waals surface area (Å²) in [4.78, 5) is 12.3. The fourth-order valence-corrected chi connectivity index (χ4v) is 3.34. The largest absolute Gasteiger partial charge is 0.352 e. The molecule has 3 nitrogen and oxygen atoms in total. The molecule has 0 saturated carbocycles. The first-order valence-corrected chi connectivity index (χ1v) is 8.66. The van der Waals surface area contributed by atoms with Crippen LogP contribution >= 0.6 is 0 Å². The normalized spacial score (nSPS) is 16.0. The minimum atomic E-state index is 0.0212. The predicted molar refractivity (Wildman–Crippen MR) is 96.0 cm³/mol. The Hall–Kier alpha value is -1.87. The van der Waals surface area contributed by atoms with Crippen LogP contribution in [0.25, 0.3) is 10.8 Å². The second-order valence-electron chi connectivity index (χ2n) is 6.91. The molecule has 23 heavy (non-hydrogen) atoms. The summed E-state index contributed by atoms with van der Waals surface area (Å²) in [7, 11) is 0. The first-order valence-electron chi connectivity index (χ1n) is 8.66. The van der Waals surface area contributed by atoms with Crippen LogP contribution in [0.2, 0.25) is 0 Å². The van der Waals surface area contributed by atoms with Crippen molar-refractivity contribution in [3.63, 3.8) is 0 Å². The number of carbonyl (C=O) groups is 1. The number of hydrogen-bond donors (Lipinski definition) is 2. The van der Waals surface area contributed by atoms with Gasteiger partial charge in [-0.1, -0.05) is 38.1 Å². The van der Waals surface area contributed by atoms with E-state index in [1.54, 1.807) is 0 Å². The zero-order chi connectivity index (χ0) is 16.2. The van der Waals surface area contributed by atoms with Gasteiger partial charge in [-0.25, -0.2) is 0 Å². The van der Waals surface area contributed by atoms with Crippen LogP contribution in [0.3, 0.4) is 0 Å². The first-order chi connectivity index (χ1) is 11.1. The first kappa shape index (κ1) is 16.0. The van der Waals surface area contributed by atoms with Crippen LogP contribution in [0.5, 0.6) is 0 Å². The molecule has 1 fully saturated rings. The highest BCUT2D eigenvalue weighted by molar-refractivity contribution is 5.99. The Morgan fingerprint density at radius 2 is 2.00 bits per heavy atom. The second-order valence-corrected chi connectivity index (χ2v) is 6.91. The van der Waals surface area contributed by atoms with E-state index in [9.17, 15) is 4.79 Å². The van der Waals surface area contributed by atoms with E-state index < -0.39 is 0 Å². The SMILES string of the molecule is CC(C)CNC(=O)c1ccc2c(C3CCNCC3)cccc2c1. The number of fused-ring (bicyclic) bond motifs is 1. The quantitative estimate of drug-likeness (QED) is 0.904. The van der Waals surface area contributed by atoms with Crippen LogP contribution < -0.4 is 10.6 Å². The Morgan fingerprint density at radius 1 is 1.22 bits per heavy atom. The summed E-state index contributed by atoms with van der Waals surface area (Å²) in [5, 5.41) is 8.88. The molecule has 1 aliphatic rings. The lowest BCUT2D eigenvalue weighted by molar-refractivity contribution is 0.0949. The molecule has 2 N–H and O–H groups in total. The zero-order valence-corrected chi connectivity index (χ0v) is 14.1. The van der Waals surface area contributed by atoms with Crippen LogP contribution in [0.15, 0.2) is 36.4 Å². The van der Waals surface area contributed by atoms with Gasteiger partial charge in [-0.3, -0.25) is 4.79 Å². The van der Waals surface area contributed by atoms with Gasteiger partial charge in [0.25, 0.3) is 5.91 Å². The molecular weight excluding hydrogens is 284 g/mol. The molecule has 0 spiro atoms. The molecule has 3 rings (SSSR count). The number of benzene rings is 2. The topological polar surface area (TPSA) is 41.1 Å². The summed E-state index contributed by atoms with van der Waals surface area (Å²) in [6, 6.07) is 12.6. The second kappa shape index (κ2) is 7.14. The maximum Gasteiger partial charge on any atom is 0.251 e.